The van der Waals surface area contributed by atoms with E-state index in [2.05, 4.69) is 27.0 Å². The number of amides is 2. The molecule has 2 aliphatic rings. The summed E-state index contributed by atoms with van der Waals surface area (Å²) in [5.74, 6) is 0.184. The first kappa shape index (κ1) is 19.8. The van der Waals surface area contributed by atoms with Gasteiger partial charge in [0, 0.05) is 17.5 Å². The highest BCUT2D eigenvalue weighted by atomic mass is 16.2. The summed E-state index contributed by atoms with van der Waals surface area (Å²) in [6, 6.07) is 19.2. The standard InChI is InChI=1S/C25H21N5O2/c1-15-16(2)26-25(28-23(15)31)30-22(14-21(29-30)19-10-11-19)27-24(32)20-12-8-18(9-13-20)17-6-4-3-5-7-17/h3-9,12-14,19H,1,10-11H2,2H3,(H,27,32). The van der Waals surface area contributed by atoms with Gasteiger partial charge in [0.25, 0.3) is 17.8 Å². The molecule has 5 rings (SSSR count). The first-order valence-corrected chi connectivity index (χ1v) is 10.4. The fraction of sp³-hybridized carbons (Fsp3) is 0.160. The predicted octanol–water partition coefficient (Wildman–Crippen LogP) is 4.44. The monoisotopic (exact) mass is 423 g/mol. The number of hydrogen-bond donors (Lipinski definition) is 1. The molecule has 158 valence electrons. The SMILES string of the molecule is C=C1C(=O)N=C(n2nc(C3CC3)cc2NC(=O)c2ccc(-c3ccccc3)cc2)N=C1C. The van der Waals surface area contributed by atoms with Gasteiger partial charge in [-0.3, -0.25) is 9.59 Å². The van der Waals surface area contributed by atoms with Crippen LogP contribution in [0.3, 0.4) is 0 Å². The quantitative estimate of drug-likeness (QED) is 0.629. The summed E-state index contributed by atoms with van der Waals surface area (Å²) >= 11 is 0. The van der Waals surface area contributed by atoms with Crippen LogP contribution in [0.25, 0.3) is 11.1 Å². The molecule has 2 heterocycles. The largest absolute Gasteiger partial charge is 0.306 e. The van der Waals surface area contributed by atoms with Crippen LogP contribution in [0.15, 0.2) is 82.8 Å². The van der Waals surface area contributed by atoms with Crippen molar-refractivity contribution in [2.45, 2.75) is 25.7 Å². The second kappa shape index (κ2) is 7.85. The van der Waals surface area contributed by atoms with Gasteiger partial charge in [0.1, 0.15) is 5.82 Å². The van der Waals surface area contributed by atoms with Gasteiger partial charge in [-0.05, 0) is 43.0 Å². The third-order valence-corrected chi connectivity index (χ3v) is 5.57. The zero-order valence-electron chi connectivity index (χ0n) is 17.6. The molecule has 0 radical (unpaired) electrons. The minimum atomic E-state index is -0.454. The van der Waals surface area contributed by atoms with Crippen LogP contribution < -0.4 is 5.32 Å². The number of nitrogens with zero attached hydrogens (tertiary/aromatic N) is 4. The van der Waals surface area contributed by atoms with Crippen LogP contribution in [-0.4, -0.2) is 33.3 Å². The lowest BCUT2D eigenvalue weighted by Gasteiger charge is -2.13. The highest BCUT2D eigenvalue weighted by molar-refractivity contribution is 6.28. The Hall–Kier alpha value is -4.13. The Morgan fingerprint density at radius 3 is 2.38 bits per heavy atom. The van der Waals surface area contributed by atoms with Crippen molar-refractivity contribution in [3.8, 4) is 11.1 Å². The van der Waals surface area contributed by atoms with Crippen LogP contribution in [0.5, 0.6) is 0 Å². The number of aliphatic imine (C=N–C) groups is 2. The van der Waals surface area contributed by atoms with Crippen LogP contribution in [0.1, 0.15) is 41.7 Å². The minimum Gasteiger partial charge on any atom is -0.306 e. The molecule has 0 bridgehead atoms. The van der Waals surface area contributed by atoms with Crippen LogP contribution in [0.4, 0.5) is 5.82 Å². The van der Waals surface area contributed by atoms with Gasteiger partial charge in [0.2, 0.25) is 0 Å². The number of carbonyl (C=O) groups is 2. The van der Waals surface area contributed by atoms with Crippen molar-refractivity contribution in [2.24, 2.45) is 9.98 Å². The zero-order chi connectivity index (χ0) is 22.2. The van der Waals surface area contributed by atoms with Gasteiger partial charge in [-0.1, -0.05) is 49.0 Å². The van der Waals surface area contributed by atoms with Crippen LogP contribution in [0.2, 0.25) is 0 Å². The molecule has 1 N–H and O–H groups in total. The molecule has 0 saturated heterocycles. The molecule has 32 heavy (non-hydrogen) atoms. The number of nitrogens with one attached hydrogen (secondary N) is 1. The average molecular weight is 423 g/mol. The first-order chi connectivity index (χ1) is 15.5. The number of carbonyl (C=O) groups excluding carboxylic acids is 2. The molecule has 0 spiro atoms. The number of benzene rings is 2. The molecular formula is C25H21N5O2. The van der Waals surface area contributed by atoms with E-state index >= 15 is 0 Å². The van der Waals surface area contributed by atoms with E-state index in [1.807, 2.05) is 48.5 Å². The van der Waals surface area contributed by atoms with Crippen molar-refractivity contribution in [3.63, 3.8) is 0 Å². The highest BCUT2D eigenvalue weighted by Gasteiger charge is 2.29. The molecule has 7 nitrogen and oxygen atoms in total. The molecule has 0 unspecified atom stereocenters. The first-order valence-electron chi connectivity index (χ1n) is 10.4. The van der Waals surface area contributed by atoms with Crippen LogP contribution in [0, 0.1) is 0 Å². The van der Waals surface area contributed by atoms with Crippen molar-refractivity contribution < 1.29 is 9.59 Å². The van der Waals surface area contributed by atoms with Gasteiger partial charge < -0.3 is 5.32 Å². The van der Waals surface area contributed by atoms with E-state index in [0.29, 0.717) is 23.0 Å². The summed E-state index contributed by atoms with van der Waals surface area (Å²) < 4.78 is 1.43. The number of hydrogen-bond acceptors (Lipinski definition) is 4. The predicted molar refractivity (Wildman–Crippen MR) is 124 cm³/mol. The highest BCUT2D eigenvalue weighted by Crippen LogP contribution is 2.40. The summed E-state index contributed by atoms with van der Waals surface area (Å²) in [6.07, 6.45) is 2.10. The summed E-state index contributed by atoms with van der Waals surface area (Å²) in [7, 11) is 0. The van der Waals surface area contributed by atoms with E-state index in [-0.39, 0.29) is 17.4 Å². The van der Waals surface area contributed by atoms with Crippen molar-refractivity contribution >= 4 is 29.3 Å². The topological polar surface area (TPSA) is 88.7 Å². The fourth-order valence-corrected chi connectivity index (χ4v) is 3.50. The van der Waals surface area contributed by atoms with Crippen molar-refractivity contribution in [3.05, 3.63) is 84.1 Å². The number of anilines is 1. The second-order valence-electron chi connectivity index (χ2n) is 7.93. The Kier molecular flexibility index (Phi) is 4.86. The lowest BCUT2D eigenvalue weighted by molar-refractivity contribution is -0.113. The third-order valence-electron chi connectivity index (χ3n) is 5.57. The minimum absolute atomic E-state index is 0.126. The van der Waals surface area contributed by atoms with E-state index < -0.39 is 5.91 Å². The summed E-state index contributed by atoms with van der Waals surface area (Å²) in [5.41, 5.74) is 4.22. The van der Waals surface area contributed by atoms with Gasteiger partial charge in [0.15, 0.2) is 0 Å². The van der Waals surface area contributed by atoms with Crippen molar-refractivity contribution in [2.75, 3.05) is 5.32 Å². The third kappa shape index (κ3) is 3.80. The summed E-state index contributed by atoms with van der Waals surface area (Å²) in [5, 5.41) is 7.48. The summed E-state index contributed by atoms with van der Waals surface area (Å²) in [4.78, 5) is 33.5. The van der Waals surface area contributed by atoms with E-state index in [0.717, 1.165) is 29.7 Å². The molecular weight excluding hydrogens is 402 g/mol. The Bertz CT molecular complexity index is 1300. The Labute approximate surface area is 185 Å². The molecule has 2 aromatic carbocycles. The number of aromatic nitrogens is 2. The van der Waals surface area contributed by atoms with Crippen molar-refractivity contribution in [1.82, 2.24) is 9.78 Å². The lowest BCUT2D eigenvalue weighted by atomic mass is 10.0. The molecule has 2 amide bonds. The van der Waals surface area contributed by atoms with Crippen LogP contribution in [-0.2, 0) is 4.79 Å². The molecule has 3 aromatic rings. The Morgan fingerprint density at radius 1 is 1.03 bits per heavy atom. The fourth-order valence-electron chi connectivity index (χ4n) is 3.50. The zero-order valence-corrected chi connectivity index (χ0v) is 17.6. The van der Waals surface area contributed by atoms with Gasteiger partial charge >= 0.3 is 0 Å². The van der Waals surface area contributed by atoms with Crippen molar-refractivity contribution in [1.29, 1.82) is 0 Å². The van der Waals surface area contributed by atoms with E-state index in [4.69, 9.17) is 0 Å². The smallest absolute Gasteiger partial charge is 0.281 e. The maximum absolute atomic E-state index is 13.0. The van der Waals surface area contributed by atoms with Gasteiger partial charge in [-0.25, -0.2) is 4.99 Å². The van der Waals surface area contributed by atoms with Gasteiger partial charge in [0.05, 0.1) is 17.0 Å². The molecule has 1 aromatic heterocycles. The van der Waals surface area contributed by atoms with Crippen LogP contribution >= 0.6 is 0 Å². The molecule has 0 atom stereocenters. The number of rotatable bonds is 4. The Balaban J connectivity index is 1.43. The molecule has 1 saturated carbocycles. The molecule has 1 fully saturated rings. The van der Waals surface area contributed by atoms with E-state index in [1.54, 1.807) is 19.1 Å². The van der Waals surface area contributed by atoms with Gasteiger partial charge in [-0.2, -0.15) is 14.8 Å². The Morgan fingerprint density at radius 2 is 1.72 bits per heavy atom. The van der Waals surface area contributed by atoms with E-state index in [1.165, 1.54) is 4.68 Å². The molecule has 1 aliphatic carbocycles. The maximum Gasteiger partial charge on any atom is 0.281 e. The lowest BCUT2D eigenvalue weighted by Crippen LogP contribution is -2.25. The summed E-state index contributed by atoms with van der Waals surface area (Å²) in [6.45, 7) is 5.40. The average Bonchev–Trinajstić information content (AvgIpc) is 3.58. The van der Waals surface area contributed by atoms with Gasteiger partial charge in [-0.15, -0.1) is 0 Å². The normalized spacial score (nSPS) is 15.9. The second-order valence-corrected chi connectivity index (χ2v) is 7.93. The van der Waals surface area contributed by atoms with E-state index in [9.17, 15) is 9.59 Å². The molecule has 1 aliphatic heterocycles. The molecule has 7 heteroatoms. The maximum atomic E-state index is 13.0.